The van der Waals surface area contributed by atoms with Gasteiger partial charge in [0, 0.05) is 11.1 Å². The molecule has 1 heterocycles. The summed E-state index contributed by atoms with van der Waals surface area (Å²) in [5.74, 6) is -2.05. The van der Waals surface area contributed by atoms with Crippen LogP contribution >= 0.6 is 0 Å². The zero-order chi connectivity index (χ0) is 17.3. The molecule has 0 spiro atoms. The number of esters is 3. The third kappa shape index (κ3) is 2.54. The van der Waals surface area contributed by atoms with E-state index in [9.17, 15) is 14.4 Å². The first-order valence-corrected chi connectivity index (χ1v) is 6.78. The van der Waals surface area contributed by atoms with Crippen molar-refractivity contribution in [1.29, 1.82) is 0 Å². The molecule has 1 aromatic heterocycles. The van der Waals surface area contributed by atoms with Crippen LogP contribution in [0.1, 0.15) is 42.3 Å². The van der Waals surface area contributed by atoms with Gasteiger partial charge in [0.25, 0.3) is 0 Å². The van der Waals surface area contributed by atoms with Crippen LogP contribution in [0, 0.1) is 13.8 Å². The summed E-state index contributed by atoms with van der Waals surface area (Å²) in [6, 6.07) is 1.28. The van der Waals surface area contributed by atoms with Crippen molar-refractivity contribution in [3.05, 3.63) is 34.0 Å². The number of aromatic nitrogens is 1. The van der Waals surface area contributed by atoms with Crippen molar-refractivity contribution in [3.8, 4) is 0 Å². The van der Waals surface area contributed by atoms with Crippen LogP contribution in [-0.4, -0.2) is 44.2 Å². The third-order valence-corrected chi connectivity index (χ3v) is 3.78. The largest absolute Gasteiger partial charge is 0.465 e. The Kier molecular flexibility index (Phi) is 4.40. The SMILES string of the molecule is COC(=O)c1cc(C(=O)OC)c2[nH]c(C)c(C)c2c1C(=O)OC. The number of hydrogen-bond acceptors (Lipinski definition) is 6. The summed E-state index contributed by atoms with van der Waals surface area (Å²) in [5.41, 5.74) is 2.07. The quantitative estimate of drug-likeness (QED) is 0.688. The second-order valence-electron chi connectivity index (χ2n) is 4.95. The average molecular weight is 319 g/mol. The molecule has 0 radical (unpaired) electrons. The van der Waals surface area contributed by atoms with Crippen molar-refractivity contribution in [2.45, 2.75) is 13.8 Å². The molecule has 0 bridgehead atoms. The van der Waals surface area contributed by atoms with Crippen LogP contribution in [0.15, 0.2) is 6.07 Å². The summed E-state index contributed by atoms with van der Waals surface area (Å²) >= 11 is 0. The maximum absolute atomic E-state index is 12.2. The lowest BCUT2D eigenvalue weighted by molar-refractivity contribution is 0.0555. The summed E-state index contributed by atoms with van der Waals surface area (Å²) in [6.45, 7) is 3.58. The Balaban J connectivity index is 3.02. The van der Waals surface area contributed by atoms with Crippen molar-refractivity contribution < 1.29 is 28.6 Å². The number of H-pyrrole nitrogens is 1. The van der Waals surface area contributed by atoms with Gasteiger partial charge >= 0.3 is 17.9 Å². The number of carbonyl (C=O) groups is 3. The normalized spacial score (nSPS) is 10.5. The molecular weight excluding hydrogens is 302 g/mol. The minimum absolute atomic E-state index is 0.0469. The lowest BCUT2D eigenvalue weighted by atomic mass is 9.96. The highest BCUT2D eigenvalue weighted by Gasteiger charge is 2.28. The zero-order valence-electron chi connectivity index (χ0n) is 13.5. The number of methoxy groups -OCH3 is 3. The van der Waals surface area contributed by atoms with Crippen molar-refractivity contribution in [3.63, 3.8) is 0 Å². The number of ether oxygens (including phenoxy) is 3. The van der Waals surface area contributed by atoms with Crippen LogP contribution in [0.2, 0.25) is 0 Å². The Morgan fingerprint density at radius 2 is 1.39 bits per heavy atom. The molecule has 1 aromatic carbocycles. The van der Waals surface area contributed by atoms with Gasteiger partial charge in [-0.3, -0.25) is 0 Å². The van der Waals surface area contributed by atoms with E-state index in [2.05, 4.69) is 4.98 Å². The van der Waals surface area contributed by atoms with Gasteiger partial charge in [-0.15, -0.1) is 0 Å². The van der Waals surface area contributed by atoms with Crippen LogP contribution < -0.4 is 0 Å². The summed E-state index contributed by atoms with van der Waals surface area (Å²) in [6.07, 6.45) is 0. The Hall–Kier alpha value is -2.83. The predicted molar refractivity (Wildman–Crippen MR) is 81.8 cm³/mol. The highest BCUT2D eigenvalue weighted by Crippen LogP contribution is 2.32. The van der Waals surface area contributed by atoms with Crippen molar-refractivity contribution in [2.24, 2.45) is 0 Å². The van der Waals surface area contributed by atoms with Gasteiger partial charge in [-0.05, 0) is 25.5 Å². The smallest absolute Gasteiger partial charge is 0.340 e. The third-order valence-electron chi connectivity index (χ3n) is 3.78. The second kappa shape index (κ2) is 6.12. The molecule has 0 aliphatic rings. The van der Waals surface area contributed by atoms with E-state index in [1.54, 1.807) is 13.8 Å². The molecular formula is C16H17NO6. The van der Waals surface area contributed by atoms with Crippen LogP contribution in [0.4, 0.5) is 0 Å². The molecule has 0 atom stereocenters. The number of hydrogen-bond donors (Lipinski definition) is 1. The number of aryl methyl sites for hydroxylation is 2. The molecule has 0 aliphatic heterocycles. The zero-order valence-corrected chi connectivity index (χ0v) is 13.5. The monoisotopic (exact) mass is 319 g/mol. The van der Waals surface area contributed by atoms with Gasteiger partial charge in [-0.2, -0.15) is 0 Å². The van der Waals surface area contributed by atoms with Gasteiger partial charge in [-0.1, -0.05) is 0 Å². The molecule has 0 saturated carbocycles. The number of carbonyl (C=O) groups excluding carboxylic acids is 3. The van der Waals surface area contributed by atoms with E-state index in [-0.39, 0.29) is 16.7 Å². The summed E-state index contributed by atoms with van der Waals surface area (Å²) in [7, 11) is 3.65. The summed E-state index contributed by atoms with van der Waals surface area (Å²) in [5, 5.41) is 0.442. The molecule has 0 aliphatic carbocycles. The highest BCUT2D eigenvalue weighted by atomic mass is 16.5. The Morgan fingerprint density at radius 1 is 0.870 bits per heavy atom. The number of rotatable bonds is 3. The van der Waals surface area contributed by atoms with Gasteiger partial charge in [0.1, 0.15) is 0 Å². The fourth-order valence-electron chi connectivity index (χ4n) is 2.51. The molecule has 0 saturated heterocycles. The molecule has 0 unspecified atom stereocenters. The predicted octanol–water partition coefficient (Wildman–Crippen LogP) is 2.14. The second-order valence-corrected chi connectivity index (χ2v) is 4.95. The molecule has 2 rings (SSSR count). The lowest BCUT2D eigenvalue weighted by Crippen LogP contribution is -2.15. The lowest BCUT2D eigenvalue weighted by Gasteiger charge is -2.11. The van der Waals surface area contributed by atoms with Crippen LogP contribution in [0.3, 0.4) is 0 Å². The first-order valence-electron chi connectivity index (χ1n) is 6.78. The van der Waals surface area contributed by atoms with E-state index in [4.69, 9.17) is 14.2 Å². The maximum atomic E-state index is 12.2. The molecule has 7 nitrogen and oxygen atoms in total. The van der Waals surface area contributed by atoms with E-state index < -0.39 is 17.9 Å². The van der Waals surface area contributed by atoms with E-state index >= 15 is 0 Å². The molecule has 2 aromatic rings. The maximum Gasteiger partial charge on any atom is 0.340 e. The number of aromatic amines is 1. The number of fused-ring (bicyclic) bond motifs is 1. The molecule has 1 N–H and O–H groups in total. The van der Waals surface area contributed by atoms with Gasteiger partial charge in [0.2, 0.25) is 0 Å². The van der Waals surface area contributed by atoms with Gasteiger partial charge < -0.3 is 19.2 Å². The Bertz CT molecular complexity index is 818. The van der Waals surface area contributed by atoms with Gasteiger partial charge in [-0.25, -0.2) is 14.4 Å². The average Bonchev–Trinajstić information content (AvgIpc) is 2.86. The fourth-order valence-corrected chi connectivity index (χ4v) is 2.51. The van der Waals surface area contributed by atoms with E-state index in [1.165, 1.54) is 27.4 Å². The summed E-state index contributed by atoms with van der Waals surface area (Å²) in [4.78, 5) is 39.4. The molecule has 0 amide bonds. The van der Waals surface area contributed by atoms with E-state index in [0.717, 1.165) is 11.3 Å². The molecule has 23 heavy (non-hydrogen) atoms. The van der Waals surface area contributed by atoms with Crippen LogP contribution in [-0.2, 0) is 14.2 Å². The van der Waals surface area contributed by atoms with E-state index in [1.807, 2.05) is 0 Å². The first-order chi connectivity index (χ1) is 10.9. The van der Waals surface area contributed by atoms with Gasteiger partial charge in [0.05, 0.1) is 43.5 Å². The molecule has 122 valence electrons. The topological polar surface area (TPSA) is 94.7 Å². The van der Waals surface area contributed by atoms with Crippen LogP contribution in [0.5, 0.6) is 0 Å². The number of nitrogens with one attached hydrogen (secondary N) is 1. The first kappa shape index (κ1) is 16.5. The number of benzene rings is 1. The van der Waals surface area contributed by atoms with Crippen molar-refractivity contribution in [2.75, 3.05) is 21.3 Å². The highest BCUT2D eigenvalue weighted by molar-refractivity contribution is 6.18. The van der Waals surface area contributed by atoms with Crippen molar-refractivity contribution in [1.82, 2.24) is 4.98 Å². The standard InChI is InChI=1S/C16H17NO6/c1-7-8(2)17-13-10(15(19)22-4)6-9(14(18)21-3)12(11(7)13)16(20)23-5/h6,17H,1-5H3. The van der Waals surface area contributed by atoms with Crippen molar-refractivity contribution >= 4 is 28.8 Å². The van der Waals surface area contributed by atoms with Crippen LogP contribution in [0.25, 0.3) is 10.9 Å². The minimum Gasteiger partial charge on any atom is -0.465 e. The minimum atomic E-state index is -0.740. The molecule has 7 heteroatoms. The fraction of sp³-hybridized carbons (Fsp3) is 0.312. The molecule has 0 fully saturated rings. The Labute approximate surface area is 132 Å². The Morgan fingerprint density at radius 3 is 1.91 bits per heavy atom. The van der Waals surface area contributed by atoms with E-state index in [0.29, 0.717) is 10.9 Å². The van der Waals surface area contributed by atoms with Gasteiger partial charge in [0.15, 0.2) is 0 Å². The summed E-state index contributed by atoms with van der Waals surface area (Å²) < 4.78 is 14.3.